The number of nitrogens with zero attached hydrogens (tertiary/aromatic N) is 2. The third kappa shape index (κ3) is 2.73. The number of anilines is 1. The lowest BCUT2D eigenvalue weighted by Gasteiger charge is -2.17. The molecule has 0 unspecified atom stereocenters. The van der Waals surface area contributed by atoms with Crippen molar-refractivity contribution in [3.63, 3.8) is 0 Å². The van der Waals surface area contributed by atoms with Gasteiger partial charge in [0, 0.05) is 7.05 Å². The number of carboxylic acid groups (broad SMARTS) is 1. The van der Waals surface area contributed by atoms with Gasteiger partial charge in [-0.05, 0) is 12.1 Å². The maximum absolute atomic E-state index is 10.9. The number of para-hydroxylation sites is 1. The molecule has 8 nitrogen and oxygen atoms in total. The normalized spacial score (nSPS) is 9.83. The summed E-state index contributed by atoms with van der Waals surface area (Å²) in [6, 6.07) is 3.85. The number of nitro benzene ring substituents is 1. The topological polar surface area (TPSA) is 127 Å². The maximum Gasteiger partial charge on any atom is 0.342 e. The molecule has 1 rings (SSSR count). The first kappa shape index (κ1) is 13.4. The average Bonchev–Trinajstić information content (AvgIpc) is 2.26. The van der Waals surface area contributed by atoms with Gasteiger partial charge in [-0.15, -0.1) is 0 Å². The zero-order valence-corrected chi connectivity index (χ0v) is 9.49. The summed E-state index contributed by atoms with van der Waals surface area (Å²) < 4.78 is 0. The molecule has 0 aliphatic rings. The Hall–Kier alpha value is -2.64. The second-order valence-electron chi connectivity index (χ2n) is 3.56. The number of likely N-dealkylation sites (N-methyl/N-ethyl adjacent to an activating group) is 1. The quantitative estimate of drug-likeness (QED) is 0.570. The smallest absolute Gasteiger partial charge is 0.342 e. The first-order chi connectivity index (χ1) is 8.34. The van der Waals surface area contributed by atoms with Crippen molar-refractivity contribution in [1.82, 2.24) is 0 Å². The SMILES string of the molecule is CN(CC(N)=O)c1cccc(C(=O)O)c1[N+](=O)[O-]. The molecule has 96 valence electrons. The Balaban J connectivity index is 3.35. The highest BCUT2D eigenvalue weighted by Gasteiger charge is 2.26. The van der Waals surface area contributed by atoms with Crippen LogP contribution in [0.15, 0.2) is 18.2 Å². The van der Waals surface area contributed by atoms with Gasteiger partial charge in [-0.1, -0.05) is 6.07 Å². The number of aromatic carboxylic acids is 1. The van der Waals surface area contributed by atoms with Crippen molar-refractivity contribution < 1.29 is 19.6 Å². The molecule has 0 bridgehead atoms. The molecule has 0 saturated heterocycles. The minimum absolute atomic E-state index is 0.0266. The Morgan fingerprint density at radius 1 is 1.50 bits per heavy atom. The van der Waals surface area contributed by atoms with E-state index in [1.165, 1.54) is 24.1 Å². The molecule has 0 aromatic heterocycles. The van der Waals surface area contributed by atoms with E-state index < -0.39 is 28.1 Å². The molecule has 1 aromatic rings. The number of carbonyl (C=O) groups excluding carboxylic acids is 1. The molecule has 0 saturated carbocycles. The van der Waals surface area contributed by atoms with E-state index in [1.807, 2.05) is 0 Å². The lowest BCUT2D eigenvalue weighted by Crippen LogP contribution is -2.31. The van der Waals surface area contributed by atoms with Crippen LogP contribution < -0.4 is 10.6 Å². The molecule has 0 spiro atoms. The predicted octanol–water partition coefficient (Wildman–Crippen LogP) is 0.214. The van der Waals surface area contributed by atoms with Crippen molar-refractivity contribution in [2.24, 2.45) is 5.73 Å². The van der Waals surface area contributed by atoms with E-state index in [0.29, 0.717) is 0 Å². The van der Waals surface area contributed by atoms with Crippen LogP contribution in [0.2, 0.25) is 0 Å². The molecular weight excluding hydrogens is 242 g/mol. The van der Waals surface area contributed by atoms with Crippen LogP contribution in [0.4, 0.5) is 11.4 Å². The fraction of sp³-hybridized carbons (Fsp3) is 0.200. The highest BCUT2D eigenvalue weighted by molar-refractivity contribution is 5.96. The molecule has 0 radical (unpaired) electrons. The zero-order chi connectivity index (χ0) is 13.9. The first-order valence-electron chi connectivity index (χ1n) is 4.84. The van der Waals surface area contributed by atoms with E-state index >= 15 is 0 Å². The van der Waals surface area contributed by atoms with Gasteiger partial charge in [0.15, 0.2) is 0 Å². The fourth-order valence-corrected chi connectivity index (χ4v) is 1.52. The maximum atomic E-state index is 10.9. The van der Waals surface area contributed by atoms with Gasteiger partial charge in [-0.2, -0.15) is 0 Å². The standard InChI is InChI=1S/C10H11N3O5/c1-12(5-8(11)14)7-4-2-3-6(10(15)16)9(7)13(17)18/h2-4H,5H2,1H3,(H2,11,14)(H,15,16). The number of nitrogens with two attached hydrogens (primary N) is 1. The van der Waals surface area contributed by atoms with Gasteiger partial charge in [-0.25, -0.2) is 4.79 Å². The van der Waals surface area contributed by atoms with E-state index in [2.05, 4.69) is 0 Å². The van der Waals surface area contributed by atoms with Gasteiger partial charge >= 0.3 is 11.7 Å². The van der Waals surface area contributed by atoms with E-state index in [1.54, 1.807) is 0 Å². The van der Waals surface area contributed by atoms with Gasteiger partial charge < -0.3 is 15.7 Å². The van der Waals surface area contributed by atoms with Gasteiger partial charge in [0.2, 0.25) is 5.91 Å². The Kier molecular flexibility index (Phi) is 3.82. The number of carbonyl (C=O) groups is 2. The number of amides is 1. The Morgan fingerprint density at radius 3 is 2.56 bits per heavy atom. The summed E-state index contributed by atoms with van der Waals surface area (Å²) in [5, 5.41) is 19.8. The predicted molar refractivity (Wildman–Crippen MR) is 62.5 cm³/mol. The van der Waals surface area contributed by atoms with Crippen LogP contribution in [0.3, 0.4) is 0 Å². The van der Waals surface area contributed by atoms with E-state index in [9.17, 15) is 19.7 Å². The van der Waals surface area contributed by atoms with Crippen LogP contribution in [0, 0.1) is 10.1 Å². The summed E-state index contributed by atoms with van der Waals surface area (Å²) >= 11 is 0. The van der Waals surface area contributed by atoms with Crippen molar-refractivity contribution in [3.05, 3.63) is 33.9 Å². The molecular formula is C10H11N3O5. The van der Waals surface area contributed by atoms with Crippen molar-refractivity contribution in [1.29, 1.82) is 0 Å². The number of nitro groups is 1. The van der Waals surface area contributed by atoms with Crippen molar-refractivity contribution >= 4 is 23.3 Å². The number of primary amides is 1. The number of hydrogen-bond acceptors (Lipinski definition) is 5. The average molecular weight is 253 g/mol. The fourth-order valence-electron chi connectivity index (χ4n) is 1.52. The van der Waals surface area contributed by atoms with Crippen LogP contribution >= 0.6 is 0 Å². The molecule has 0 atom stereocenters. The van der Waals surface area contributed by atoms with Gasteiger partial charge in [0.1, 0.15) is 11.3 Å². The van der Waals surface area contributed by atoms with Gasteiger partial charge in [-0.3, -0.25) is 14.9 Å². The van der Waals surface area contributed by atoms with Crippen LogP contribution in [-0.2, 0) is 4.79 Å². The third-order valence-electron chi connectivity index (χ3n) is 2.23. The largest absolute Gasteiger partial charge is 0.477 e. The second kappa shape index (κ2) is 5.13. The molecule has 0 heterocycles. The molecule has 1 aromatic carbocycles. The summed E-state index contributed by atoms with van der Waals surface area (Å²) in [6.07, 6.45) is 0. The van der Waals surface area contributed by atoms with Crippen molar-refractivity contribution in [3.8, 4) is 0 Å². The monoisotopic (exact) mass is 253 g/mol. The molecule has 3 N–H and O–H groups in total. The Bertz CT molecular complexity index is 514. The van der Waals surface area contributed by atoms with Crippen LogP contribution in [0.25, 0.3) is 0 Å². The van der Waals surface area contributed by atoms with E-state index in [-0.39, 0.29) is 12.2 Å². The van der Waals surface area contributed by atoms with Crippen LogP contribution in [-0.4, -0.2) is 35.5 Å². The van der Waals surface area contributed by atoms with Gasteiger partial charge in [0.05, 0.1) is 11.5 Å². The van der Waals surface area contributed by atoms with Gasteiger partial charge in [0.25, 0.3) is 0 Å². The molecule has 1 amide bonds. The third-order valence-corrected chi connectivity index (χ3v) is 2.23. The summed E-state index contributed by atoms with van der Waals surface area (Å²) in [6.45, 7) is -0.246. The lowest BCUT2D eigenvalue weighted by atomic mass is 10.1. The minimum Gasteiger partial charge on any atom is -0.477 e. The zero-order valence-electron chi connectivity index (χ0n) is 9.49. The van der Waals surface area contributed by atoms with Crippen LogP contribution in [0.1, 0.15) is 10.4 Å². The summed E-state index contributed by atoms with van der Waals surface area (Å²) in [5.41, 5.74) is 4.02. The van der Waals surface area contributed by atoms with Crippen LogP contribution in [0.5, 0.6) is 0 Å². The molecule has 0 aliphatic heterocycles. The first-order valence-corrected chi connectivity index (χ1v) is 4.84. The molecule has 8 heteroatoms. The lowest BCUT2D eigenvalue weighted by molar-refractivity contribution is -0.384. The van der Waals surface area contributed by atoms with Crippen molar-refractivity contribution in [2.75, 3.05) is 18.5 Å². The summed E-state index contributed by atoms with van der Waals surface area (Å²) in [5.74, 6) is -2.08. The number of hydrogen-bond donors (Lipinski definition) is 2. The highest BCUT2D eigenvalue weighted by atomic mass is 16.6. The van der Waals surface area contributed by atoms with E-state index in [4.69, 9.17) is 10.8 Å². The minimum atomic E-state index is -1.41. The summed E-state index contributed by atoms with van der Waals surface area (Å²) in [4.78, 5) is 33.1. The Morgan fingerprint density at radius 2 is 2.11 bits per heavy atom. The highest BCUT2D eigenvalue weighted by Crippen LogP contribution is 2.30. The molecule has 0 aliphatic carbocycles. The summed E-state index contributed by atoms with van der Waals surface area (Å²) in [7, 11) is 1.42. The second-order valence-corrected chi connectivity index (χ2v) is 3.56. The van der Waals surface area contributed by atoms with Crippen molar-refractivity contribution in [2.45, 2.75) is 0 Å². The Labute approximate surface area is 102 Å². The molecule has 18 heavy (non-hydrogen) atoms. The van der Waals surface area contributed by atoms with E-state index in [0.717, 1.165) is 6.07 Å². The number of rotatable bonds is 5. The number of benzene rings is 1. The number of carboxylic acids is 1. The molecule has 0 fully saturated rings.